The lowest BCUT2D eigenvalue weighted by Crippen LogP contribution is -2.72. The summed E-state index contributed by atoms with van der Waals surface area (Å²) in [5.74, 6) is 2.96. The van der Waals surface area contributed by atoms with E-state index in [4.69, 9.17) is 4.74 Å². The van der Waals surface area contributed by atoms with Crippen LogP contribution in [0.15, 0.2) is 30.6 Å². The molecule has 1 aromatic carbocycles. The SMILES string of the molecule is Oc1ccc2c3c1O[C@H]1[C@H]4CC[C@@]5(CCN4Cc4ncccn4)[C@@H](C2)N(CC2CC2)CC[C@]315. The van der Waals surface area contributed by atoms with Crippen molar-refractivity contribution < 1.29 is 9.84 Å². The zero-order valence-corrected chi connectivity index (χ0v) is 19.1. The van der Waals surface area contributed by atoms with Crippen molar-refractivity contribution in [2.24, 2.45) is 11.3 Å². The predicted octanol–water partition coefficient (Wildman–Crippen LogP) is 3.28. The van der Waals surface area contributed by atoms with Crippen LogP contribution in [0.25, 0.3) is 0 Å². The van der Waals surface area contributed by atoms with Gasteiger partial charge in [-0.1, -0.05) is 6.07 Å². The number of piperidine rings is 1. The summed E-state index contributed by atoms with van der Waals surface area (Å²) in [7, 11) is 0. The lowest BCUT2D eigenvalue weighted by atomic mass is 9.42. The minimum absolute atomic E-state index is 0.0363. The molecule has 0 amide bonds. The van der Waals surface area contributed by atoms with Gasteiger partial charge < -0.3 is 9.84 Å². The summed E-state index contributed by atoms with van der Waals surface area (Å²) in [6.07, 6.45) is 12.6. The van der Waals surface area contributed by atoms with Gasteiger partial charge in [-0.3, -0.25) is 9.80 Å². The second-order valence-electron chi connectivity index (χ2n) is 11.5. The van der Waals surface area contributed by atoms with Crippen LogP contribution in [0.5, 0.6) is 11.5 Å². The van der Waals surface area contributed by atoms with E-state index >= 15 is 0 Å². The number of likely N-dealkylation sites (tertiary alicyclic amines) is 1. The lowest BCUT2D eigenvalue weighted by Gasteiger charge is -2.66. The van der Waals surface area contributed by atoms with Crippen LogP contribution in [0, 0.1) is 11.3 Å². The van der Waals surface area contributed by atoms with Crippen molar-refractivity contribution in [3.05, 3.63) is 47.5 Å². The predicted molar refractivity (Wildman–Crippen MR) is 123 cm³/mol. The molecule has 0 radical (unpaired) electrons. The van der Waals surface area contributed by atoms with Gasteiger partial charge in [0.25, 0.3) is 0 Å². The average molecular weight is 445 g/mol. The van der Waals surface area contributed by atoms with Gasteiger partial charge in [-0.2, -0.15) is 0 Å². The van der Waals surface area contributed by atoms with Gasteiger partial charge in [-0.05, 0) is 81.6 Å². The molecule has 4 aliphatic heterocycles. The largest absolute Gasteiger partial charge is 0.504 e. The number of hydrogen-bond donors (Lipinski definition) is 1. The molecule has 9 rings (SSSR count). The van der Waals surface area contributed by atoms with Crippen molar-refractivity contribution >= 4 is 0 Å². The number of aromatic hydroxyl groups is 1. The third-order valence-corrected chi connectivity index (χ3v) is 10.3. The van der Waals surface area contributed by atoms with Gasteiger partial charge in [0.2, 0.25) is 0 Å². The van der Waals surface area contributed by atoms with Crippen molar-refractivity contribution in [3.63, 3.8) is 0 Å². The highest BCUT2D eigenvalue weighted by atomic mass is 16.5. The second-order valence-corrected chi connectivity index (χ2v) is 11.5. The molecule has 172 valence electrons. The molecule has 2 spiro atoms. The fourth-order valence-corrected chi connectivity index (χ4v) is 8.86. The van der Waals surface area contributed by atoms with E-state index in [2.05, 4.69) is 25.8 Å². The number of ether oxygens (including phenoxy) is 1. The first-order valence-corrected chi connectivity index (χ1v) is 13.0. The molecule has 4 bridgehead atoms. The van der Waals surface area contributed by atoms with Gasteiger partial charge >= 0.3 is 0 Å². The number of rotatable bonds is 4. The Morgan fingerprint density at radius 3 is 2.73 bits per heavy atom. The summed E-state index contributed by atoms with van der Waals surface area (Å²) >= 11 is 0. The normalized spacial score (nSPS) is 38.6. The van der Waals surface area contributed by atoms with E-state index in [9.17, 15) is 5.11 Å². The van der Waals surface area contributed by atoms with Gasteiger partial charge in [0.1, 0.15) is 11.9 Å². The van der Waals surface area contributed by atoms with E-state index in [0.29, 0.717) is 17.8 Å². The Balaban J connectivity index is 1.28. The van der Waals surface area contributed by atoms with Crippen LogP contribution in [-0.4, -0.2) is 62.7 Å². The molecule has 5 fully saturated rings. The maximum atomic E-state index is 10.9. The molecule has 1 aromatic heterocycles. The lowest BCUT2D eigenvalue weighted by molar-refractivity contribution is -0.131. The molecule has 3 saturated heterocycles. The summed E-state index contributed by atoms with van der Waals surface area (Å²) in [5, 5.41) is 10.9. The molecule has 3 aliphatic carbocycles. The Kier molecular flexibility index (Phi) is 3.76. The minimum atomic E-state index is 0.0363. The third kappa shape index (κ3) is 2.36. The van der Waals surface area contributed by atoms with E-state index in [0.717, 1.165) is 49.8 Å². The van der Waals surface area contributed by atoms with Gasteiger partial charge in [0.15, 0.2) is 11.5 Å². The maximum absolute atomic E-state index is 10.9. The zero-order chi connectivity index (χ0) is 21.8. The van der Waals surface area contributed by atoms with Gasteiger partial charge in [0.05, 0.1) is 6.54 Å². The Bertz CT molecular complexity index is 1120. The monoisotopic (exact) mass is 444 g/mol. The van der Waals surface area contributed by atoms with Crippen LogP contribution in [0.3, 0.4) is 0 Å². The van der Waals surface area contributed by atoms with Crippen LogP contribution < -0.4 is 4.74 Å². The van der Waals surface area contributed by atoms with Gasteiger partial charge in [-0.25, -0.2) is 9.97 Å². The molecule has 6 heteroatoms. The number of fused-ring (bicyclic) bond motifs is 3. The highest BCUT2D eigenvalue weighted by Gasteiger charge is 2.74. The number of benzene rings is 1. The fraction of sp³-hybridized carbons (Fsp3) is 0.630. The number of nitrogens with zero attached hydrogens (tertiary/aromatic N) is 4. The molecular weight excluding hydrogens is 412 g/mol. The van der Waals surface area contributed by atoms with Crippen molar-refractivity contribution in [1.29, 1.82) is 0 Å². The fourth-order valence-electron chi connectivity index (χ4n) is 8.86. The Hall–Kier alpha value is -2.18. The number of phenols is 1. The number of aromatic nitrogens is 2. The van der Waals surface area contributed by atoms with Gasteiger partial charge in [0, 0.05) is 47.4 Å². The van der Waals surface area contributed by atoms with Gasteiger partial charge in [-0.15, -0.1) is 0 Å². The van der Waals surface area contributed by atoms with Crippen molar-refractivity contribution in [3.8, 4) is 11.5 Å². The standard InChI is InChI=1S/C27H32N4O2/c32-20-5-4-18-14-21-26-7-6-19(30(12-8-26)16-22-28-10-1-11-29-22)25-27(26,23(18)24(20)33-25)9-13-31(21)15-17-2-3-17/h1,4-5,10-11,17,19,21,25,32H,2-3,6-9,12-16H2/t19-,21-,25+,26-,27+/m1/s1. The van der Waals surface area contributed by atoms with Crippen LogP contribution in [0.4, 0.5) is 0 Å². The third-order valence-electron chi connectivity index (χ3n) is 10.3. The van der Waals surface area contributed by atoms with Crippen molar-refractivity contribution in [2.75, 3.05) is 19.6 Å². The molecule has 0 unspecified atom stereocenters. The number of hydrogen-bond acceptors (Lipinski definition) is 6. The molecule has 1 N–H and O–H groups in total. The molecule has 7 aliphatic rings. The Morgan fingerprint density at radius 2 is 1.88 bits per heavy atom. The van der Waals surface area contributed by atoms with E-state index in [1.54, 1.807) is 0 Å². The molecule has 2 saturated carbocycles. The first kappa shape index (κ1) is 19.2. The molecule has 5 atom stereocenters. The second kappa shape index (κ2) is 6.48. The van der Waals surface area contributed by atoms with E-state index < -0.39 is 0 Å². The van der Waals surface area contributed by atoms with E-state index in [1.807, 2.05) is 24.5 Å². The Labute approximate surface area is 195 Å². The summed E-state index contributed by atoms with van der Waals surface area (Å²) < 4.78 is 6.86. The average Bonchev–Trinajstić information content (AvgIpc) is 3.62. The highest BCUT2D eigenvalue weighted by Crippen LogP contribution is 2.71. The summed E-state index contributed by atoms with van der Waals surface area (Å²) in [4.78, 5) is 14.6. The maximum Gasteiger partial charge on any atom is 0.165 e. The quantitative estimate of drug-likeness (QED) is 0.781. The van der Waals surface area contributed by atoms with Crippen LogP contribution in [0.2, 0.25) is 0 Å². The van der Waals surface area contributed by atoms with Crippen molar-refractivity contribution in [2.45, 2.75) is 75.1 Å². The summed E-state index contributed by atoms with van der Waals surface area (Å²) in [6.45, 7) is 4.32. The zero-order valence-electron chi connectivity index (χ0n) is 19.1. The first-order chi connectivity index (χ1) is 16.2. The van der Waals surface area contributed by atoms with Crippen LogP contribution in [0.1, 0.15) is 55.5 Å². The molecule has 33 heavy (non-hydrogen) atoms. The molecule has 5 heterocycles. The topological polar surface area (TPSA) is 61.7 Å². The summed E-state index contributed by atoms with van der Waals surface area (Å²) in [5.41, 5.74) is 3.10. The molecular formula is C27H32N4O2. The molecule has 2 aromatic rings. The van der Waals surface area contributed by atoms with E-state index in [1.165, 1.54) is 49.9 Å². The summed E-state index contributed by atoms with van der Waals surface area (Å²) in [6, 6.07) is 6.92. The van der Waals surface area contributed by atoms with E-state index in [-0.39, 0.29) is 16.9 Å². The number of phenolic OH excluding ortho intramolecular Hbond substituents is 1. The molecule has 6 nitrogen and oxygen atoms in total. The first-order valence-electron chi connectivity index (χ1n) is 13.0. The van der Waals surface area contributed by atoms with Crippen molar-refractivity contribution in [1.82, 2.24) is 19.8 Å². The minimum Gasteiger partial charge on any atom is -0.504 e. The smallest absolute Gasteiger partial charge is 0.165 e. The van der Waals surface area contributed by atoms with Crippen LogP contribution >= 0.6 is 0 Å². The van der Waals surface area contributed by atoms with Crippen LogP contribution in [-0.2, 0) is 18.4 Å². The Morgan fingerprint density at radius 1 is 1.03 bits per heavy atom. The highest BCUT2D eigenvalue weighted by molar-refractivity contribution is 5.62.